The van der Waals surface area contributed by atoms with Crippen molar-refractivity contribution in [2.45, 2.75) is 65.7 Å². The van der Waals surface area contributed by atoms with Gasteiger partial charge in [0.15, 0.2) is 0 Å². The monoisotopic (exact) mass is 213 g/mol. The van der Waals surface area contributed by atoms with E-state index in [1.54, 1.807) is 0 Å². The van der Waals surface area contributed by atoms with Crippen LogP contribution in [0.25, 0.3) is 0 Å². The number of carbonyl (C=O) groups is 1. The first-order valence-corrected chi connectivity index (χ1v) is 6.43. The topological polar surface area (TPSA) is 29.1 Å². The summed E-state index contributed by atoms with van der Waals surface area (Å²) < 4.78 is 0. The summed E-state index contributed by atoms with van der Waals surface area (Å²) in [5, 5.41) is 2.98. The van der Waals surface area contributed by atoms with E-state index in [1.807, 2.05) is 0 Å². The molecule has 0 unspecified atom stereocenters. The molecule has 0 aromatic heterocycles. The predicted octanol–water partition coefficient (Wildman–Crippen LogP) is 3.51. The van der Waals surface area contributed by atoms with Gasteiger partial charge in [-0.2, -0.15) is 0 Å². The van der Waals surface area contributed by atoms with Crippen LogP contribution in [0, 0.1) is 5.92 Å². The molecular weight excluding hydrogens is 186 g/mol. The number of rotatable bonds is 9. The molecule has 15 heavy (non-hydrogen) atoms. The van der Waals surface area contributed by atoms with Crippen LogP contribution in [-0.4, -0.2) is 12.5 Å². The first-order valence-electron chi connectivity index (χ1n) is 6.43. The van der Waals surface area contributed by atoms with E-state index in [9.17, 15) is 4.79 Å². The molecule has 0 aliphatic rings. The van der Waals surface area contributed by atoms with E-state index < -0.39 is 0 Å². The van der Waals surface area contributed by atoms with Crippen LogP contribution in [0.4, 0.5) is 0 Å². The summed E-state index contributed by atoms with van der Waals surface area (Å²) in [6.45, 7) is 7.45. The molecule has 1 N–H and O–H groups in total. The molecule has 0 heterocycles. The van der Waals surface area contributed by atoms with Gasteiger partial charge in [-0.1, -0.05) is 46.5 Å². The van der Waals surface area contributed by atoms with Crippen LogP contribution in [-0.2, 0) is 4.79 Å². The van der Waals surface area contributed by atoms with Crippen molar-refractivity contribution in [1.82, 2.24) is 5.32 Å². The number of unbranched alkanes of at least 4 members (excludes halogenated alkanes) is 3. The fraction of sp³-hybridized carbons (Fsp3) is 0.923. The van der Waals surface area contributed by atoms with Gasteiger partial charge >= 0.3 is 0 Å². The lowest BCUT2D eigenvalue weighted by Crippen LogP contribution is -2.24. The zero-order valence-electron chi connectivity index (χ0n) is 10.6. The molecule has 0 atom stereocenters. The molecule has 0 aliphatic carbocycles. The molecule has 0 saturated carbocycles. The zero-order valence-corrected chi connectivity index (χ0v) is 10.6. The molecule has 2 nitrogen and oxygen atoms in total. The second-order valence-corrected chi connectivity index (χ2v) is 4.70. The zero-order chi connectivity index (χ0) is 11.5. The van der Waals surface area contributed by atoms with Crippen molar-refractivity contribution in [1.29, 1.82) is 0 Å². The highest BCUT2D eigenvalue weighted by atomic mass is 16.1. The molecule has 0 bridgehead atoms. The summed E-state index contributed by atoms with van der Waals surface area (Å²) >= 11 is 0. The Morgan fingerprint density at radius 3 is 2.47 bits per heavy atom. The minimum atomic E-state index is 0.229. The van der Waals surface area contributed by atoms with E-state index >= 15 is 0 Å². The van der Waals surface area contributed by atoms with Crippen molar-refractivity contribution in [3.8, 4) is 0 Å². The smallest absolute Gasteiger partial charge is 0.219 e. The number of hydrogen-bond donors (Lipinski definition) is 1. The molecule has 0 aromatic carbocycles. The van der Waals surface area contributed by atoms with E-state index in [-0.39, 0.29) is 5.91 Å². The molecule has 90 valence electrons. The predicted molar refractivity (Wildman–Crippen MR) is 65.8 cm³/mol. The van der Waals surface area contributed by atoms with Crippen molar-refractivity contribution in [2.75, 3.05) is 6.54 Å². The van der Waals surface area contributed by atoms with E-state index in [4.69, 9.17) is 0 Å². The Labute approximate surface area is 94.8 Å². The second kappa shape index (κ2) is 10.0. The van der Waals surface area contributed by atoms with Crippen LogP contribution in [0.2, 0.25) is 0 Å². The number of amides is 1. The normalized spacial score (nSPS) is 10.7. The maximum absolute atomic E-state index is 11.3. The SMILES string of the molecule is CCCCCCNC(=O)CCCC(C)C. The van der Waals surface area contributed by atoms with Crippen LogP contribution in [0.5, 0.6) is 0 Å². The van der Waals surface area contributed by atoms with Gasteiger partial charge in [-0.05, 0) is 18.8 Å². The van der Waals surface area contributed by atoms with Gasteiger partial charge in [0.25, 0.3) is 0 Å². The van der Waals surface area contributed by atoms with Gasteiger partial charge < -0.3 is 5.32 Å². The average molecular weight is 213 g/mol. The third-order valence-electron chi connectivity index (χ3n) is 2.54. The van der Waals surface area contributed by atoms with Crippen molar-refractivity contribution >= 4 is 5.91 Å². The summed E-state index contributed by atoms with van der Waals surface area (Å²) in [5.41, 5.74) is 0. The van der Waals surface area contributed by atoms with Crippen LogP contribution in [0.15, 0.2) is 0 Å². The van der Waals surface area contributed by atoms with Crippen molar-refractivity contribution in [3.05, 3.63) is 0 Å². The van der Waals surface area contributed by atoms with Gasteiger partial charge in [0.05, 0.1) is 0 Å². The summed E-state index contributed by atoms with van der Waals surface area (Å²) in [5.74, 6) is 0.939. The Kier molecular flexibility index (Phi) is 9.65. The highest BCUT2D eigenvalue weighted by Crippen LogP contribution is 2.05. The van der Waals surface area contributed by atoms with E-state index in [1.165, 1.54) is 19.3 Å². The minimum Gasteiger partial charge on any atom is -0.356 e. The van der Waals surface area contributed by atoms with Gasteiger partial charge in [0.1, 0.15) is 0 Å². The van der Waals surface area contributed by atoms with Gasteiger partial charge in [-0.15, -0.1) is 0 Å². The molecule has 1 amide bonds. The Morgan fingerprint density at radius 1 is 1.13 bits per heavy atom. The molecule has 0 aromatic rings. The van der Waals surface area contributed by atoms with Crippen LogP contribution >= 0.6 is 0 Å². The van der Waals surface area contributed by atoms with Crippen molar-refractivity contribution in [2.24, 2.45) is 5.92 Å². The largest absolute Gasteiger partial charge is 0.356 e. The highest BCUT2D eigenvalue weighted by Gasteiger charge is 2.01. The fourth-order valence-electron chi connectivity index (χ4n) is 1.54. The lowest BCUT2D eigenvalue weighted by molar-refractivity contribution is -0.121. The number of hydrogen-bond acceptors (Lipinski definition) is 1. The fourth-order valence-corrected chi connectivity index (χ4v) is 1.54. The standard InChI is InChI=1S/C13H27NO/c1-4-5-6-7-11-14-13(15)10-8-9-12(2)3/h12H,4-11H2,1-3H3,(H,14,15). The Balaban J connectivity index is 3.19. The number of nitrogens with one attached hydrogen (secondary N) is 1. The van der Waals surface area contributed by atoms with E-state index in [2.05, 4.69) is 26.1 Å². The molecule has 0 fully saturated rings. The van der Waals surface area contributed by atoms with E-state index in [0.29, 0.717) is 12.3 Å². The van der Waals surface area contributed by atoms with Crippen molar-refractivity contribution in [3.63, 3.8) is 0 Å². The molecule has 0 saturated heterocycles. The van der Waals surface area contributed by atoms with Gasteiger partial charge in [-0.3, -0.25) is 4.79 Å². The maximum Gasteiger partial charge on any atom is 0.219 e. The first-order chi connectivity index (χ1) is 7.16. The second-order valence-electron chi connectivity index (χ2n) is 4.70. The van der Waals surface area contributed by atoms with Gasteiger partial charge in [-0.25, -0.2) is 0 Å². The van der Waals surface area contributed by atoms with Crippen LogP contribution < -0.4 is 5.32 Å². The quantitative estimate of drug-likeness (QED) is 0.583. The van der Waals surface area contributed by atoms with Gasteiger partial charge in [0.2, 0.25) is 5.91 Å². The maximum atomic E-state index is 11.3. The summed E-state index contributed by atoms with van der Waals surface area (Å²) in [7, 11) is 0. The summed E-state index contributed by atoms with van der Waals surface area (Å²) in [6.07, 6.45) is 7.78. The molecule has 0 rings (SSSR count). The molecule has 2 heteroatoms. The number of carbonyl (C=O) groups excluding carboxylic acids is 1. The summed E-state index contributed by atoms with van der Waals surface area (Å²) in [6, 6.07) is 0. The third-order valence-corrected chi connectivity index (χ3v) is 2.54. The van der Waals surface area contributed by atoms with Crippen LogP contribution in [0.3, 0.4) is 0 Å². The van der Waals surface area contributed by atoms with Gasteiger partial charge in [0, 0.05) is 13.0 Å². The molecular formula is C13H27NO. The third kappa shape index (κ3) is 11.4. The summed E-state index contributed by atoms with van der Waals surface area (Å²) in [4.78, 5) is 11.3. The highest BCUT2D eigenvalue weighted by molar-refractivity contribution is 5.75. The minimum absolute atomic E-state index is 0.229. The Morgan fingerprint density at radius 2 is 1.87 bits per heavy atom. The van der Waals surface area contributed by atoms with Crippen molar-refractivity contribution < 1.29 is 4.79 Å². The first kappa shape index (κ1) is 14.5. The molecule has 0 radical (unpaired) electrons. The molecule has 0 aliphatic heterocycles. The van der Waals surface area contributed by atoms with Crippen LogP contribution in [0.1, 0.15) is 65.7 Å². The lowest BCUT2D eigenvalue weighted by Gasteiger charge is -2.06. The van der Waals surface area contributed by atoms with E-state index in [0.717, 1.165) is 25.8 Å². The Bertz CT molecular complexity index is 155. The Hall–Kier alpha value is -0.530. The lowest BCUT2D eigenvalue weighted by atomic mass is 10.1. The molecule has 0 spiro atoms. The average Bonchev–Trinajstić information content (AvgIpc) is 2.17.